The van der Waals surface area contributed by atoms with Crippen LogP contribution in [0.3, 0.4) is 0 Å². The van der Waals surface area contributed by atoms with Gasteiger partial charge in [0.05, 0.1) is 13.2 Å². The first-order chi connectivity index (χ1) is 13.1. The molecule has 0 aromatic heterocycles. The van der Waals surface area contributed by atoms with Crippen LogP contribution in [0.25, 0.3) is 0 Å². The summed E-state index contributed by atoms with van der Waals surface area (Å²) >= 11 is 0. The van der Waals surface area contributed by atoms with E-state index in [0.29, 0.717) is 6.61 Å². The lowest BCUT2D eigenvalue weighted by Crippen LogP contribution is -2.18. The van der Waals surface area contributed by atoms with E-state index in [-0.39, 0.29) is 13.2 Å². The Bertz CT molecular complexity index is 413. The second-order valence-corrected chi connectivity index (χ2v) is 8.85. The van der Waals surface area contributed by atoms with Crippen LogP contribution in [0.4, 0.5) is 0 Å². The van der Waals surface area contributed by atoms with Gasteiger partial charge < -0.3 is 18.7 Å². The maximum atomic E-state index is 11.0. The van der Waals surface area contributed by atoms with Crippen molar-refractivity contribution in [1.82, 2.24) is 0 Å². The minimum Gasteiger partial charge on any atom is -0.756 e. The monoisotopic (exact) mass is 403 g/mol. The highest BCUT2D eigenvalue weighted by atomic mass is 31.2. The van der Waals surface area contributed by atoms with Crippen molar-refractivity contribution in [2.75, 3.05) is 19.8 Å². The SMILES string of the molecule is CCCCCCCC/C=C\CCCCCCCCOC[C@@H]1COP(=O)([O-])O1. The standard InChI is InChI=1S/C21H41O5P/c1-2-3-4-5-6-7-8-9-10-11-12-13-14-15-16-17-18-24-19-21-20-25-27(22,23)26-21/h9-10,21H,2-8,11-20H2,1H3,(H,22,23)/p-1/b10-9-/t21-/m1/s1. The molecule has 0 saturated carbocycles. The minimum atomic E-state index is -4.03. The zero-order valence-corrected chi connectivity index (χ0v) is 18.1. The van der Waals surface area contributed by atoms with Gasteiger partial charge in [-0.25, -0.2) is 0 Å². The van der Waals surface area contributed by atoms with Gasteiger partial charge in [0, 0.05) is 6.61 Å². The summed E-state index contributed by atoms with van der Waals surface area (Å²) in [4.78, 5) is 11.0. The zero-order valence-electron chi connectivity index (χ0n) is 17.2. The minimum absolute atomic E-state index is 0.0776. The van der Waals surface area contributed by atoms with Gasteiger partial charge in [0.1, 0.15) is 6.10 Å². The van der Waals surface area contributed by atoms with Gasteiger partial charge in [-0.1, -0.05) is 76.9 Å². The normalized spacial score (nSPS) is 22.8. The predicted octanol–water partition coefficient (Wildman–Crippen LogP) is 5.92. The highest BCUT2D eigenvalue weighted by Gasteiger charge is 2.27. The Morgan fingerprint density at radius 2 is 1.48 bits per heavy atom. The molecule has 0 amide bonds. The number of hydrogen-bond donors (Lipinski definition) is 0. The highest BCUT2D eigenvalue weighted by Crippen LogP contribution is 2.45. The molecule has 0 N–H and O–H groups in total. The number of ether oxygens (including phenoxy) is 1. The molecule has 0 aromatic carbocycles. The van der Waals surface area contributed by atoms with Crippen LogP contribution >= 0.6 is 7.82 Å². The number of phosphoric ester groups is 1. The van der Waals surface area contributed by atoms with E-state index in [1.54, 1.807) is 0 Å². The average Bonchev–Trinajstić information content (AvgIpc) is 2.99. The number of phosphoric acid groups is 1. The smallest absolute Gasteiger partial charge is 0.268 e. The zero-order chi connectivity index (χ0) is 19.6. The second-order valence-electron chi connectivity index (χ2n) is 7.48. The quantitative estimate of drug-likeness (QED) is 0.161. The van der Waals surface area contributed by atoms with Crippen LogP contribution < -0.4 is 4.89 Å². The first kappa shape index (κ1) is 24.8. The largest absolute Gasteiger partial charge is 0.756 e. The van der Waals surface area contributed by atoms with E-state index in [1.807, 2.05) is 0 Å². The molecule has 1 unspecified atom stereocenters. The third-order valence-corrected chi connectivity index (χ3v) is 5.82. The summed E-state index contributed by atoms with van der Waals surface area (Å²) in [5.41, 5.74) is 0. The van der Waals surface area contributed by atoms with Crippen LogP contribution in [-0.4, -0.2) is 25.9 Å². The van der Waals surface area contributed by atoms with Crippen molar-refractivity contribution in [3.63, 3.8) is 0 Å². The highest BCUT2D eigenvalue weighted by molar-refractivity contribution is 7.46. The lowest BCUT2D eigenvalue weighted by atomic mass is 10.1. The Balaban J connectivity index is 1.73. The molecule has 1 saturated heterocycles. The number of unbranched alkanes of at least 4 members (excludes halogenated alkanes) is 12. The Labute approximate surface area is 166 Å². The van der Waals surface area contributed by atoms with Crippen molar-refractivity contribution in [1.29, 1.82) is 0 Å². The van der Waals surface area contributed by atoms with Crippen molar-refractivity contribution in [2.24, 2.45) is 0 Å². The molecule has 1 aliphatic rings. The van der Waals surface area contributed by atoms with Gasteiger partial charge in [-0.2, -0.15) is 0 Å². The van der Waals surface area contributed by atoms with Crippen LogP contribution in [0, 0.1) is 0 Å². The number of hydrogen-bond acceptors (Lipinski definition) is 5. The van der Waals surface area contributed by atoms with Crippen LogP contribution in [-0.2, 0) is 18.3 Å². The molecule has 0 aromatic rings. The molecule has 1 heterocycles. The fourth-order valence-electron chi connectivity index (χ4n) is 3.16. The topological polar surface area (TPSA) is 67.8 Å². The van der Waals surface area contributed by atoms with E-state index in [9.17, 15) is 9.46 Å². The summed E-state index contributed by atoms with van der Waals surface area (Å²) in [5.74, 6) is 0. The molecule has 0 spiro atoms. The molecule has 1 aliphatic heterocycles. The van der Waals surface area contributed by atoms with Gasteiger partial charge >= 0.3 is 0 Å². The van der Waals surface area contributed by atoms with Crippen LogP contribution in [0.1, 0.15) is 96.8 Å². The van der Waals surface area contributed by atoms with Gasteiger partial charge in [0.25, 0.3) is 7.82 Å². The summed E-state index contributed by atoms with van der Waals surface area (Å²) in [6.07, 6.45) is 22.2. The lowest BCUT2D eigenvalue weighted by Gasteiger charge is -2.14. The van der Waals surface area contributed by atoms with Gasteiger partial charge in [-0.3, -0.25) is 4.57 Å². The van der Waals surface area contributed by atoms with Crippen molar-refractivity contribution in [3.8, 4) is 0 Å². The summed E-state index contributed by atoms with van der Waals surface area (Å²) in [6, 6.07) is 0. The van der Waals surface area contributed by atoms with E-state index in [4.69, 9.17) is 9.26 Å². The fourth-order valence-corrected chi connectivity index (χ4v) is 4.06. The van der Waals surface area contributed by atoms with E-state index in [2.05, 4.69) is 23.6 Å². The van der Waals surface area contributed by atoms with Crippen molar-refractivity contribution < 1.29 is 23.2 Å². The molecule has 27 heavy (non-hydrogen) atoms. The molecule has 1 fully saturated rings. The van der Waals surface area contributed by atoms with Gasteiger partial charge in [0.2, 0.25) is 0 Å². The molecular weight excluding hydrogens is 363 g/mol. The van der Waals surface area contributed by atoms with Crippen LogP contribution in [0.15, 0.2) is 12.2 Å². The molecule has 5 nitrogen and oxygen atoms in total. The van der Waals surface area contributed by atoms with Crippen molar-refractivity contribution in [3.05, 3.63) is 12.2 Å². The van der Waals surface area contributed by atoms with E-state index < -0.39 is 13.9 Å². The van der Waals surface area contributed by atoms with Gasteiger partial charge in [-0.15, -0.1) is 0 Å². The summed E-state index contributed by atoms with van der Waals surface area (Å²) in [6.45, 7) is 3.29. The summed E-state index contributed by atoms with van der Waals surface area (Å²) in [5, 5.41) is 0. The molecule has 1 rings (SSSR count). The molecule has 0 radical (unpaired) electrons. The van der Waals surface area contributed by atoms with Gasteiger partial charge in [0.15, 0.2) is 0 Å². The predicted molar refractivity (Wildman–Crippen MR) is 109 cm³/mol. The molecular formula is C21H40O5P-. The second kappa shape index (κ2) is 16.7. The molecule has 0 bridgehead atoms. The van der Waals surface area contributed by atoms with E-state index in [1.165, 1.54) is 77.0 Å². The third kappa shape index (κ3) is 15.4. The van der Waals surface area contributed by atoms with Crippen LogP contribution in [0.2, 0.25) is 0 Å². The Morgan fingerprint density at radius 3 is 2.04 bits per heavy atom. The van der Waals surface area contributed by atoms with Crippen molar-refractivity contribution in [2.45, 2.75) is 103 Å². The summed E-state index contributed by atoms with van der Waals surface area (Å²) < 4.78 is 25.7. The Morgan fingerprint density at radius 1 is 0.926 bits per heavy atom. The Kier molecular flexibility index (Phi) is 15.4. The van der Waals surface area contributed by atoms with E-state index in [0.717, 1.165) is 12.8 Å². The molecule has 6 heteroatoms. The first-order valence-corrected chi connectivity index (χ1v) is 12.5. The van der Waals surface area contributed by atoms with E-state index >= 15 is 0 Å². The average molecular weight is 404 g/mol. The summed E-state index contributed by atoms with van der Waals surface area (Å²) in [7, 11) is -4.03. The molecule has 160 valence electrons. The maximum Gasteiger partial charge on any atom is 0.268 e. The fraction of sp³-hybridized carbons (Fsp3) is 0.905. The maximum absolute atomic E-state index is 11.0. The first-order valence-electron chi connectivity index (χ1n) is 11.0. The van der Waals surface area contributed by atoms with Crippen molar-refractivity contribution >= 4 is 7.82 Å². The third-order valence-electron chi connectivity index (χ3n) is 4.80. The molecule has 0 aliphatic carbocycles. The Hall–Kier alpha value is -0.190. The molecule has 2 atom stereocenters. The van der Waals surface area contributed by atoms with Gasteiger partial charge in [-0.05, 0) is 32.1 Å². The lowest BCUT2D eigenvalue weighted by molar-refractivity contribution is -0.215. The number of rotatable bonds is 18. The number of allylic oxidation sites excluding steroid dienone is 2. The van der Waals surface area contributed by atoms with Crippen LogP contribution in [0.5, 0.6) is 0 Å².